The molecule has 0 heterocycles. The normalized spacial score (nSPS) is 21.9. The van der Waals surface area contributed by atoms with E-state index in [1.165, 1.54) is 12.8 Å². The van der Waals surface area contributed by atoms with Crippen LogP contribution in [0.1, 0.15) is 45.1 Å². The molecule has 0 aromatic heterocycles. The number of nitrogens with zero attached hydrogens (tertiary/aromatic N) is 1. The zero-order valence-electron chi connectivity index (χ0n) is 11.9. The number of nitrogens with one attached hydrogen (secondary N) is 1. The highest BCUT2D eigenvalue weighted by Gasteiger charge is 2.28. The Bertz CT molecular complexity index is 483. The summed E-state index contributed by atoms with van der Waals surface area (Å²) in [6.07, 6.45) is 4.75. The first-order valence-corrected chi connectivity index (χ1v) is 6.90. The molecular weight excluding hydrogens is 240 g/mol. The Morgan fingerprint density at radius 3 is 2.79 bits per heavy atom. The third-order valence-corrected chi connectivity index (χ3v) is 4.07. The number of hydrogen-bond acceptors (Lipinski definition) is 3. The molecular formula is C15H22N2O2. The summed E-state index contributed by atoms with van der Waals surface area (Å²) in [7, 11) is 0. The first kappa shape index (κ1) is 13.8. The van der Waals surface area contributed by atoms with Gasteiger partial charge in [0.25, 0.3) is 5.69 Å². The van der Waals surface area contributed by atoms with E-state index in [1.54, 1.807) is 12.1 Å². The van der Waals surface area contributed by atoms with Crippen molar-refractivity contribution in [3.8, 4) is 0 Å². The van der Waals surface area contributed by atoms with E-state index in [0.717, 1.165) is 24.1 Å². The molecule has 4 nitrogen and oxygen atoms in total. The van der Waals surface area contributed by atoms with Crippen molar-refractivity contribution >= 4 is 11.4 Å². The van der Waals surface area contributed by atoms with Crippen molar-refractivity contribution in [3.05, 3.63) is 33.9 Å². The molecule has 1 atom stereocenters. The summed E-state index contributed by atoms with van der Waals surface area (Å²) >= 11 is 0. The molecule has 0 spiro atoms. The monoisotopic (exact) mass is 262 g/mol. The molecule has 0 aliphatic heterocycles. The highest BCUT2D eigenvalue weighted by Crippen LogP contribution is 2.37. The second-order valence-corrected chi connectivity index (χ2v) is 6.31. The predicted octanol–water partition coefficient (Wildman–Crippen LogP) is 4.28. The number of benzene rings is 1. The van der Waals surface area contributed by atoms with E-state index < -0.39 is 0 Å². The Hall–Kier alpha value is -1.58. The number of hydrogen-bond donors (Lipinski definition) is 1. The molecule has 1 aromatic rings. The molecule has 0 saturated heterocycles. The van der Waals surface area contributed by atoms with E-state index in [4.69, 9.17) is 0 Å². The van der Waals surface area contributed by atoms with Crippen molar-refractivity contribution in [2.75, 3.05) is 5.32 Å². The Balaban J connectivity index is 2.15. The molecule has 1 N–H and O–H groups in total. The summed E-state index contributed by atoms with van der Waals surface area (Å²) in [5, 5.41) is 14.4. The Labute approximate surface area is 114 Å². The lowest BCUT2D eigenvalue weighted by Gasteiger charge is -2.36. The van der Waals surface area contributed by atoms with Gasteiger partial charge in [0.15, 0.2) is 0 Å². The molecule has 2 rings (SSSR count). The van der Waals surface area contributed by atoms with E-state index in [9.17, 15) is 10.1 Å². The van der Waals surface area contributed by atoms with Crippen LogP contribution >= 0.6 is 0 Å². The van der Waals surface area contributed by atoms with Crippen LogP contribution in [0.2, 0.25) is 0 Å². The molecule has 1 fully saturated rings. The van der Waals surface area contributed by atoms with Crippen molar-refractivity contribution in [2.24, 2.45) is 5.41 Å². The second-order valence-electron chi connectivity index (χ2n) is 6.31. The maximum Gasteiger partial charge on any atom is 0.274 e. The number of nitro groups is 1. The average Bonchev–Trinajstić information content (AvgIpc) is 2.30. The number of anilines is 1. The minimum absolute atomic E-state index is 0.195. The van der Waals surface area contributed by atoms with Crippen LogP contribution in [0.5, 0.6) is 0 Å². The van der Waals surface area contributed by atoms with Gasteiger partial charge < -0.3 is 5.32 Å². The van der Waals surface area contributed by atoms with Gasteiger partial charge in [-0.2, -0.15) is 0 Å². The number of nitro benzene ring substituents is 1. The minimum Gasteiger partial charge on any atom is -0.382 e. The fraction of sp³-hybridized carbons (Fsp3) is 0.600. The molecule has 104 valence electrons. The summed E-state index contributed by atoms with van der Waals surface area (Å²) in [5.41, 5.74) is 2.19. The molecule has 1 aliphatic carbocycles. The first-order chi connectivity index (χ1) is 8.89. The largest absolute Gasteiger partial charge is 0.382 e. The second kappa shape index (κ2) is 5.19. The Kier molecular flexibility index (Phi) is 3.78. The summed E-state index contributed by atoms with van der Waals surface area (Å²) in [6.45, 7) is 6.40. The molecule has 19 heavy (non-hydrogen) atoms. The average molecular weight is 262 g/mol. The predicted molar refractivity (Wildman–Crippen MR) is 77.5 cm³/mol. The van der Waals surface area contributed by atoms with Crippen molar-refractivity contribution in [1.82, 2.24) is 0 Å². The van der Waals surface area contributed by atoms with Crippen molar-refractivity contribution in [3.63, 3.8) is 0 Å². The molecule has 1 aromatic carbocycles. The molecule has 1 saturated carbocycles. The first-order valence-electron chi connectivity index (χ1n) is 6.90. The zero-order valence-corrected chi connectivity index (χ0v) is 11.9. The van der Waals surface area contributed by atoms with E-state index in [2.05, 4.69) is 19.2 Å². The van der Waals surface area contributed by atoms with Gasteiger partial charge in [0, 0.05) is 23.4 Å². The van der Waals surface area contributed by atoms with Gasteiger partial charge in [-0.05, 0) is 37.7 Å². The third-order valence-electron chi connectivity index (χ3n) is 4.07. The van der Waals surface area contributed by atoms with Crippen LogP contribution < -0.4 is 5.32 Å². The van der Waals surface area contributed by atoms with E-state index in [1.807, 2.05) is 13.0 Å². The smallest absolute Gasteiger partial charge is 0.274 e. The minimum atomic E-state index is -0.314. The topological polar surface area (TPSA) is 55.2 Å². The highest BCUT2D eigenvalue weighted by molar-refractivity contribution is 5.60. The van der Waals surface area contributed by atoms with Gasteiger partial charge >= 0.3 is 0 Å². The van der Waals surface area contributed by atoms with Crippen LogP contribution in [0.25, 0.3) is 0 Å². The van der Waals surface area contributed by atoms with Gasteiger partial charge in [-0.15, -0.1) is 0 Å². The van der Waals surface area contributed by atoms with Gasteiger partial charge in [-0.25, -0.2) is 0 Å². The maximum atomic E-state index is 10.9. The molecule has 0 amide bonds. The molecule has 1 unspecified atom stereocenters. The summed E-state index contributed by atoms with van der Waals surface area (Å²) in [4.78, 5) is 10.6. The van der Waals surface area contributed by atoms with Gasteiger partial charge in [-0.3, -0.25) is 10.1 Å². The summed E-state index contributed by atoms with van der Waals surface area (Å²) in [5.74, 6) is 0. The van der Waals surface area contributed by atoms with Gasteiger partial charge in [0.05, 0.1) is 4.92 Å². The van der Waals surface area contributed by atoms with Crippen LogP contribution in [0.3, 0.4) is 0 Å². The van der Waals surface area contributed by atoms with Crippen molar-refractivity contribution < 1.29 is 4.92 Å². The van der Waals surface area contributed by atoms with E-state index in [-0.39, 0.29) is 10.6 Å². The van der Waals surface area contributed by atoms with Crippen LogP contribution in [-0.4, -0.2) is 11.0 Å². The van der Waals surface area contributed by atoms with Crippen LogP contribution in [0.4, 0.5) is 11.4 Å². The van der Waals surface area contributed by atoms with Crippen molar-refractivity contribution in [1.29, 1.82) is 0 Å². The molecule has 0 bridgehead atoms. The maximum absolute atomic E-state index is 10.9. The zero-order chi connectivity index (χ0) is 14.0. The summed E-state index contributed by atoms with van der Waals surface area (Å²) in [6, 6.07) is 5.67. The van der Waals surface area contributed by atoms with E-state index in [0.29, 0.717) is 11.5 Å². The highest BCUT2D eigenvalue weighted by atomic mass is 16.6. The lowest BCUT2D eigenvalue weighted by molar-refractivity contribution is -0.385. The molecule has 4 heteroatoms. The van der Waals surface area contributed by atoms with Gasteiger partial charge in [0.1, 0.15) is 0 Å². The lowest BCUT2D eigenvalue weighted by atomic mass is 9.75. The van der Waals surface area contributed by atoms with E-state index >= 15 is 0 Å². The van der Waals surface area contributed by atoms with Crippen LogP contribution in [-0.2, 0) is 0 Å². The Morgan fingerprint density at radius 2 is 2.16 bits per heavy atom. The third kappa shape index (κ3) is 3.25. The van der Waals surface area contributed by atoms with Gasteiger partial charge in [0.2, 0.25) is 0 Å². The molecule has 0 radical (unpaired) electrons. The van der Waals surface area contributed by atoms with Crippen molar-refractivity contribution in [2.45, 2.75) is 52.5 Å². The SMILES string of the molecule is Cc1c(NC2CCCC(C)(C)C2)cccc1[N+](=O)[O-]. The fourth-order valence-electron chi connectivity index (χ4n) is 3.02. The quantitative estimate of drug-likeness (QED) is 0.653. The Morgan fingerprint density at radius 1 is 1.42 bits per heavy atom. The van der Waals surface area contributed by atoms with Crippen LogP contribution in [0, 0.1) is 22.5 Å². The number of rotatable bonds is 3. The van der Waals surface area contributed by atoms with Gasteiger partial charge in [-0.1, -0.05) is 26.3 Å². The fourth-order valence-corrected chi connectivity index (χ4v) is 3.02. The summed E-state index contributed by atoms with van der Waals surface area (Å²) < 4.78 is 0. The van der Waals surface area contributed by atoms with Crippen LogP contribution in [0.15, 0.2) is 18.2 Å². The lowest BCUT2D eigenvalue weighted by Crippen LogP contribution is -2.32. The molecule has 1 aliphatic rings. The standard InChI is InChI=1S/C15H22N2O2/c1-11-13(7-4-8-14(11)17(18)19)16-12-6-5-9-15(2,3)10-12/h4,7-8,12,16H,5-6,9-10H2,1-3H3.